The van der Waals surface area contributed by atoms with Crippen LogP contribution in [0.5, 0.6) is 5.75 Å². The number of sulfone groups is 1. The summed E-state index contributed by atoms with van der Waals surface area (Å²) in [6.07, 6.45) is -4.24. The number of carbonyl (C=O) groups is 1. The number of ether oxygens (including phenoxy) is 1. The van der Waals surface area contributed by atoms with Crippen molar-refractivity contribution in [2.24, 2.45) is 0 Å². The summed E-state index contributed by atoms with van der Waals surface area (Å²) in [6.45, 7) is -1.43. The number of carbonyl (C=O) groups excluding carboxylic acids is 1. The van der Waals surface area contributed by atoms with Gasteiger partial charge in [0, 0.05) is 11.8 Å². The highest BCUT2D eigenvalue weighted by Crippen LogP contribution is 2.32. The SMILES string of the molecule is O=C(Nc1cccc(OCC(F)(F)F)c1)NC1CCS(=O)(=O)c2ccccc21. The first-order chi connectivity index (χ1) is 13.1. The van der Waals surface area contributed by atoms with Gasteiger partial charge in [0.25, 0.3) is 0 Å². The minimum atomic E-state index is -4.46. The Labute approximate surface area is 159 Å². The summed E-state index contributed by atoms with van der Waals surface area (Å²) >= 11 is 0. The molecule has 1 aliphatic heterocycles. The van der Waals surface area contributed by atoms with Gasteiger partial charge in [0.2, 0.25) is 0 Å². The highest BCUT2D eigenvalue weighted by Gasteiger charge is 2.31. The van der Waals surface area contributed by atoms with E-state index in [0.717, 1.165) is 0 Å². The quantitative estimate of drug-likeness (QED) is 0.800. The summed E-state index contributed by atoms with van der Waals surface area (Å²) in [7, 11) is -3.37. The Morgan fingerprint density at radius 2 is 1.89 bits per heavy atom. The van der Waals surface area contributed by atoms with Crippen LogP contribution in [0.25, 0.3) is 0 Å². The molecule has 2 aromatic carbocycles. The molecule has 1 heterocycles. The molecule has 0 spiro atoms. The third-order valence-corrected chi connectivity index (χ3v) is 5.92. The van der Waals surface area contributed by atoms with Crippen molar-refractivity contribution in [2.75, 3.05) is 17.7 Å². The fraction of sp³-hybridized carbons (Fsp3) is 0.278. The molecule has 6 nitrogen and oxygen atoms in total. The molecule has 0 radical (unpaired) electrons. The molecule has 150 valence electrons. The van der Waals surface area contributed by atoms with E-state index >= 15 is 0 Å². The van der Waals surface area contributed by atoms with Crippen molar-refractivity contribution in [3.63, 3.8) is 0 Å². The van der Waals surface area contributed by atoms with Crippen LogP contribution in [0, 0.1) is 0 Å². The maximum absolute atomic E-state index is 12.3. The number of hydrogen-bond donors (Lipinski definition) is 2. The number of halogens is 3. The minimum absolute atomic E-state index is 0.0377. The summed E-state index contributed by atoms with van der Waals surface area (Å²) in [5.41, 5.74) is 0.750. The lowest BCUT2D eigenvalue weighted by atomic mass is 10.0. The van der Waals surface area contributed by atoms with E-state index in [1.165, 1.54) is 30.3 Å². The summed E-state index contributed by atoms with van der Waals surface area (Å²) < 4.78 is 65.7. The van der Waals surface area contributed by atoms with Crippen molar-refractivity contribution >= 4 is 21.6 Å². The van der Waals surface area contributed by atoms with Gasteiger partial charge in [-0.15, -0.1) is 0 Å². The number of nitrogens with one attached hydrogen (secondary N) is 2. The second-order valence-corrected chi connectivity index (χ2v) is 8.31. The van der Waals surface area contributed by atoms with Crippen LogP contribution in [-0.2, 0) is 9.84 Å². The third-order valence-electron chi connectivity index (χ3n) is 4.10. The largest absolute Gasteiger partial charge is 0.484 e. The molecular weight excluding hydrogens is 397 g/mol. The maximum atomic E-state index is 12.3. The lowest BCUT2D eigenvalue weighted by Gasteiger charge is -2.26. The van der Waals surface area contributed by atoms with Crippen molar-refractivity contribution in [2.45, 2.75) is 23.5 Å². The van der Waals surface area contributed by atoms with Gasteiger partial charge in [-0.05, 0) is 30.2 Å². The van der Waals surface area contributed by atoms with E-state index in [9.17, 15) is 26.4 Å². The van der Waals surface area contributed by atoms with E-state index < -0.39 is 34.7 Å². The highest BCUT2D eigenvalue weighted by molar-refractivity contribution is 7.91. The molecule has 0 saturated heterocycles. The first kappa shape index (κ1) is 20.0. The fourth-order valence-electron chi connectivity index (χ4n) is 2.89. The number of benzene rings is 2. The zero-order valence-electron chi connectivity index (χ0n) is 14.5. The second kappa shape index (κ2) is 7.70. The molecule has 3 rings (SSSR count). The molecule has 0 aromatic heterocycles. The van der Waals surface area contributed by atoms with Crippen LogP contribution in [-0.4, -0.2) is 33.0 Å². The lowest BCUT2D eigenvalue weighted by molar-refractivity contribution is -0.153. The monoisotopic (exact) mass is 414 g/mol. The van der Waals surface area contributed by atoms with Gasteiger partial charge in [-0.1, -0.05) is 24.3 Å². The van der Waals surface area contributed by atoms with Crippen molar-refractivity contribution in [1.29, 1.82) is 0 Å². The Balaban J connectivity index is 1.67. The molecule has 0 fully saturated rings. The van der Waals surface area contributed by atoms with Crippen LogP contribution in [0.1, 0.15) is 18.0 Å². The standard InChI is InChI=1S/C18H17F3N2O4S/c19-18(20,21)11-27-13-5-3-4-12(10-13)22-17(24)23-15-8-9-28(25,26)16-7-2-1-6-14(15)16/h1-7,10,15H,8-9,11H2,(H2,22,23,24). The molecule has 1 aliphatic rings. The van der Waals surface area contributed by atoms with E-state index in [1.54, 1.807) is 18.2 Å². The van der Waals surface area contributed by atoms with E-state index in [0.29, 0.717) is 5.56 Å². The summed E-state index contributed by atoms with van der Waals surface area (Å²) in [6, 6.07) is 10.9. The van der Waals surface area contributed by atoms with Gasteiger partial charge in [-0.25, -0.2) is 13.2 Å². The Bertz CT molecular complexity index is 977. The second-order valence-electron chi connectivity index (χ2n) is 6.23. The average Bonchev–Trinajstić information content (AvgIpc) is 2.62. The zero-order chi connectivity index (χ0) is 20.4. The molecule has 2 aromatic rings. The molecule has 1 unspecified atom stereocenters. The summed E-state index contributed by atoms with van der Waals surface area (Å²) in [5.74, 6) is -0.125. The van der Waals surface area contributed by atoms with Gasteiger partial charge in [0.15, 0.2) is 16.4 Å². The van der Waals surface area contributed by atoms with Crippen molar-refractivity contribution in [3.05, 3.63) is 54.1 Å². The average molecular weight is 414 g/mol. The van der Waals surface area contributed by atoms with Crippen LogP contribution < -0.4 is 15.4 Å². The molecule has 10 heteroatoms. The Morgan fingerprint density at radius 1 is 1.14 bits per heavy atom. The molecule has 0 aliphatic carbocycles. The first-order valence-corrected chi connectivity index (χ1v) is 9.98. The van der Waals surface area contributed by atoms with E-state index in [-0.39, 0.29) is 28.5 Å². The predicted octanol–water partition coefficient (Wildman–Crippen LogP) is 3.67. The van der Waals surface area contributed by atoms with Gasteiger partial charge in [-0.2, -0.15) is 13.2 Å². The molecule has 2 amide bonds. The fourth-order valence-corrected chi connectivity index (χ4v) is 4.52. The third kappa shape index (κ3) is 4.94. The Morgan fingerprint density at radius 3 is 2.64 bits per heavy atom. The minimum Gasteiger partial charge on any atom is -0.484 e. The Kier molecular flexibility index (Phi) is 5.50. The maximum Gasteiger partial charge on any atom is 0.422 e. The number of alkyl halides is 3. The van der Waals surface area contributed by atoms with Gasteiger partial charge in [-0.3, -0.25) is 0 Å². The van der Waals surface area contributed by atoms with Gasteiger partial charge in [0.05, 0.1) is 16.7 Å². The predicted molar refractivity (Wildman–Crippen MR) is 96.0 cm³/mol. The van der Waals surface area contributed by atoms with Crippen molar-refractivity contribution in [1.82, 2.24) is 5.32 Å². The first-order valence-electron chi connectivity index (χ1n) is 8.33. The number of amides is 2. The van der Waals surface area contributed by atoms with Crippen LogP contribution >= 0.6 is 0 Å². The highest BCUT2D eigenvalue weighted by atomic mass is 32.2. The molecular formula is C18H17F3N2O4S. The molecule has 1 atom stereocenters. The molecule has 0 saturated carbocycles. The van der Waals surface area contributed by atoms with Crippen LogP contribution in [0.4, 0.5) is 23.7 Å². The topological polar surface area (TPSA) is 84.5 Å². The number of rotatable bonds is 4. The molecule has 28 heavy (non-hydrogen) atoms. The van der Waals surface area contributed by atoms with E-state index in [1.807, 2.05) is 0 Å². The van der Waals surface area contributed by atoms with E-state index in [2.05, 4.69) is 15.4 Å². The molecule has 0 bridgehead atoms. The van der Waals surface area contributed by atoms with Gasteiger partial charge >= 0.3 is 12.2 Å². The zero-order valence-corrected chi connectivity index (χ0v) is 15.3. The Hall–Kier alpha value is -2.75. The lowest BCUT2D eigenvalue weighted by Crippen LogP contribution is -2.36. The molecule has 2 N–H and O–H groups in total. The normalized spacial score (nSPS) is 18.0. The number of anilines is 1. The summed E-state index contributed by atoms with van der Waals surface area (Å²) in [4.78, 5) is 12.5. The smallest absolute Gasteiger partial charge is 0.422 e. The van der Waals surface area contributed by atoms with Crippen molar-refractivity contribution < 1.29 is 31.1 Å². The van der Waals surface area contributed by atoms with E-state index in [4.69, 9.17) is 0 Å². The van der Waals surface area contributed by atoms with Crippen LogP contribution in [0.3, 0.4) is 0 Å². The number of urea groups is 1. The number of hydrogen-bond acceptors (Lipinski definition) is 4. The van der Waals surface area contributed by atoms with Gasteiger partial charge < -0.3 is 15.4 Å². The van der Waals surface area contributed by atoms with Crippen molar-refractivity contribution in [3.8, 4) is 5.75 Å². The summed E-state index contributed by atoms with van der Waals surface area (Å²) in [5, 5.41) is 5.22. The van der Waals surface area contributed by atoms with Gasteiger partial charge in [0.1, 0.15) is 5.75 Å². The van der Waals surface area contributed by atoms with Crippen LogP contribution in [0.15, 0.2) is 53.4 Å². The van der Waals surface area contributed by atoms with Crippen LogP contribution in [0.2, 0.25) is 0 Å². The number of fused-ring (bicyclic) bond motifs is 1.